The van der Waals surface area contributed by atoms with Crippen LogP contribution >= 0.6 is 11.8 Å². The maximum Gasteiger partial charge on any atom is 0.416 e. The highest BCUT2D eigenvalue weighted by atomic mass is 32.2. The van der Waals surface area contributed by atoms with Gasteiger partial charge in [0.25, 0.3) is 5.91 Å². The van der Waals surface area contributed by atoms with Crippen LogP contribution in [0.5, 0.6) is 0 Å². The molecular formula is C18H14F3NO3S. The molecule has 2 unspecified atom stereocenters. The molecule has 2 atom stereocenters. The lowest BCUT2D eigenvalue weighted by Crippen LogP contribution is -2.43. The van der Waals surface area contributed by atoms with Gasteiger partial charge in [-0.1, -0.05) is 36.4 Å². The smallest absolute Gasteiger partial charge is 0.416 e. The van der Waals surface area contributed by atoms with Gasteiger partial charge >= 0.3 is 12.1 Å². The van der Waals surface area contributed by atoms with E-state index in [1.165, 1.54) is 17.8 Å². The van der Waals surface area contributed by atoms with Crippen molar-refractivity contribution in [1.29, 1.82) is 0 Å². The molecule has 1 aliphatic heterocycles. The predicted octanol–water partition coefficient (Wildman–Crippen LogP) is 4.05. The summed E-state index contributed by atoms with van der Waals surface area (Å²) in [6, 6.07) is 11.8. The van der Waals surface area contributed by atoms with Crippen molar-refractivity contribution in [2.45, 2.75) is 17.6 Å². The van der Waals surface area contributed by atoms with E-state index in [2.05, 4.69) is 0 Å². The maximum absolute atomic E-state index is 12.9. The summed E-state index contributed by atoms with van der Waals surface area (Å²) < 4.78 is 38.8. The Kier molecular flexibility index (Phi) is 4.95. The van der Waals surface area contributed by atoms with Crippen molar-refractivity contribution in [3.63, 3.8) is 0 Å². The van der Waals surface area contributed by atoms with E-state index >= 15 is 0 Å². The molecule has 4 nitrogen and oxygen atoms in total. The van der Waals surface area contributed by atoms with Crippen LogP contribution in [0.1, 0.15) is 26.9 Å². The average molecular weight is 381 g/mol. The first-order chi connectivity index (χ1) is 12.3. The molecule has 0 aliphatic carbocycles. The molecule has 0 bridgehead atoms. The Morgan fingerprint density at radius 2 is 1.77 bits per heavy atom. The quantitative estimate of drug-likeness (QED) is 0.872. The summed E-state index contributed by atoms with van der Waals surface area (Å²) in [5, 5.41) is 8.87. The highest BCUT2D eigenvalue weighted by molar-refractivity contribution is 7.99. The second-order valence-corrected chi connectivity index (χ2v) is 6.85. The van der Waals surface area contributed by atoms with Gasteiger partial charge in [0.2, 0.25) is 0 Å². The number of carboxylic acids is 1. The first-order valence-corrected chi connectivity index (χ1v) is 8.73. The van der Waals surface area contributed by atoms with Crippen LogP contribution in [0, 0.1) is 0 Å². The zero-order chi connectivity index (χ0) is 18.9. The lowest BCUT2D eigenvalue weighted by Gasteiger charge is -2.28. The van der Waals surface area contributed by atoms with Crippen molar-refractivity contribution in [1.82, 2.24) is 4.90 Å². The van der Waals surface area contributed by atoms with Crippen LogP contribution in [0.15, 0.2) is 54.6 Å². The molecule has 0 spiro atoms. The molecule has 1 amide bonds. The van der Waals surface area contributed by atoms with Crippen molar-refractivity contribution in [3.8, 4) is 0 Å². The molecule has 0 saturated carbocycles. The Morgan fingerprint density at radius 1 is 1.08 bits per heavy atom. The fraction of sp³-hybridized carbons (Fsp3) is 0.222. The number of rotatable bonds is 3. The minimum atomic E-state index is -4.58. The average Bonchev–Trinajstić information content (AvgIpc) is 3.06. The molecule has 2 aromatic rings. The molecular weight excluding hydrogens is 367 g/mol. The van der Waals surface area contributed by atoms with Gasteiger partial charge in [-0.05, 0) is 23.8 Å². The van der Waals surface area contributed by atoms with Crippen molar-refractivity contribution >= 4 is 23.6 Å². The number of amides is 1. The van der Waals surface area contributed by atoms with E-state index < -0.39 is 35.0 Å². The van der Waals surface area contributed by atoms with Gasteiger partial charge < -0.3 is 10.0 Å². The van der Waals surface area contributed by atoms with E-state index in [9.17, 15) is 27.9 Å². The molecule has 0 aromatic heterocycles. The minimum Gasteiger partial charge on any atom is -0.480 e. The Morgan fingerprint density at radius 3 is 2.38 bits per heavy atom. The Bertz CT molecular complexity index is 826. The number of carboxylic acid groups (broad SMARTS) is 1. The van der Waals surface area contributed by atoms with Gasteiger partial charge in [-0.3, -0.25) is 4.79 Å². The maximum atomic E-state index is 12.9. The van der Waals surface area contributed by atoms with Gasteiger partial charge in [-0.2, -0.15) is 13.2 Å². The van der Waals surface area contributed by atoms with Crippen LogP contribution in [0.25, 0.3) is 0 Å². The number of alkyl halides is 3. The Labute approximate surface area is 151 Å². The first-order valence-electron chi connectivity index (χ1n) is 7.68. The summed E-state index contributed by atoms with van der Waals surface area (Å²) in [7, 11) is 0. The molecule has 3 rings (SSSR count). The molecule has 0 radical (unpaired) electrons. The molecule has 1 N–H and O–H groups in total. The molecule has 1 fully saturated rings. The van der Waals surface area contributed by atoms with Crippen LogP contribution < -0.4 is 0 Å². The molecule has 1 saturated heterocycles. The van der Waals surface area contributed by atoms with Crippen molar-refractivity contribution < 1.29 is 27.9 Å². The van der Waals surface area contributed by atoms with Gasteiger partial charge in [-0.15, -0.1) is 11.8 Å². The fourth-order valence-corrected chi connectivity index (χ4v) is 4.22. The SMILES string of the molecule is O=C(O)C1CSC(c2ccccc2)N1C(=O)c1cccc(C(F)(F)F)c1. The summed E-state index contributed by atoms with van der Waals surface area (Å²) in [4.78, 5) is 25.6. The van der Waals surface area contributed by atoms with E-state index in [1.807, 2.05) is 0 Å². The largest absolute Gasteiger partial charge is 0.480 e. The number of hydrogen-bond donors (Lipinski definition) is 1. The number of carbonyl (C=O) groups excluding carboxylic acids is 1. The van der Waals surface area contributed by atoms with Gasteiger partial charge in [-0.25, -0.2) is 4.79 Å². The van der Waals surface area contributed by atoms with Crippen LogP contribution in [0.3, 0.4) is 0 Å². The molecule has 1 aliphatic rings. The van der Waals surface area contributed by atoms with E-state index in [0.717, 1.165) is 28.7 Å². The highest BCUT2D eigenvalue weighted by Gasteiger charge is 2.43. The second kappa shape index (κ2) is 7.03. The summed E-state index contributed by atoms with van der Waals surface area (Å²) in [5.74, 6) is -1.75. The van der Waals surface area contributed by atoms with E-state index in [1.54, 1.807) is 30.3 Å². The third kappa shape index (κ3) is 3.55. The lowest BCUT2D eigenvalue weighted by atomic mass is 10.1. The van der Waals surface area contributed by atoms with Crippen molar-refractivity contribution in [3.05, 3.63) is 71.3 Å². The Balaban J connectivity index is 1.99. The topological polar surface area (TPSA) is 57.6 Å². The van der Waals surface area contributed by atoms with Crippen molar-refractivity contribution in [2.24, 2.45) is 0 Å². The van der Waals surface area contributed by atoms with Crippen LogP contribution in [0.2, 0.25) is 0 Å². The first kappa shape index (κ1) is 18.3. The predicted molar refractivity (Wildman–Crippen MR) is 90.7 cm³/mol. The highest BCUT2D eigenvalue weighted by Crippen LogP contribution is 2.42. The van der Waals surface area contributed by atoms with Crippen LogP contribution in [-0.4, -0.2) is 33.7 Å². The van der Waals surface area contributed by atoms with E-state index in [-0.39, 0.29) is 11.3 Å². The van der Waals surface area contributed by atoms with Crippen molar-refractivity contribution in [2.75, 3.05) is 5.75 Å². The third-order valence-corrected chi connectivity index (χ3v) is 5.36. The summed E-state index contributed by atoms with van der Waals surface area (Å²) in [6.45, 7) is 0. The van der Waals surface area contributed by atoms with Crippen LogP contribution in [-0.2, 0) is 11.0 Å². The number of halogens is 3. The monoisotopic (exact) mass is 381 g/mol. The minimum absolute atomic E-state index is 0.166. The molecule has 8 heteroatoms. The summed E-state index contributed by atoms with van der Waals surface area (Å²) in [6.07, 6.45) is -4.58. The van der Waals surface area contributed by atoms with E-state index in [4.69, 9.17) is 0 Å². The Hall–Kier alpha value is -2.48. The lowest BCUT2D eigenvalue weighted by molar-refractivity contribution is -0.141. The third-order valence-electron chi connectivity index (χ3n) is 4.04. The number of aliphatic carboxylic acids is 1. The van der Waals surface area contributed by atoms with Gasteiger partial charge in [0.1, 0.15) is 11.4 Å². The summed E-state index contributed by atoms with van der Waals surface area (Å²) >= 11 is 1.27. The number of nitrogens with zero attached hydrogens (tertiary/aromatic N) is 1. The zero-order valence-electron chi connectivity index (χ0n) is 13.3. The van der Waals surface area contributed by atoms with Gasteiger partial charge in [0.05, 0.1) is 5.56 Å². The van der Waals surface area contributed by atoms with Crippen LogP contribution in [0.4, 0.5) is 13.2 Å². The molecule has 1 heterocycles. The fourth-order valence-electron chi connectivity index (χ4n) is 2.80. The standard InChI is InChI=1S/C18H14F3NO3S/c19-18(20,21)13-8-4-7-12(9-13)15(23)22-14(17(24)25)10-26-16(22)11-5-2-1-3-6-11/h1-9,14,16H,10H2,(H,24,25). The second-order valence-electron chi connectivity index (χ2n) is 5.74. The van der Waals surface area contributed by atoms with Gasteiger partial charge in [0.15, 0.2) is 0 Å². The van der Waals surface area contributed by atoms with E-state index in [0.29, 0.717) is 0 Å². The zero-order valence-corrected chi connectivity index (χ0v) is 14.1. The molecule has 136 valence electrons. The van der Waals surface area contributed by atoms with Gasteiger partial charge in [0, 0.05) is 11.3 Å². The molecule has 2 aromatic carbocycles. The number of thioether (sulfide) groups is 1. The summed E-state index contributed by atoms with van der Waals surface area (Å²) in [5.41, 5.74) is -0.408. The number of hydrogen-bond acceptors (Lipinski definition) is 3. The number of benzene rings is 2. The molecule has 26 heavy (non-hydrogen) atoms. The normalized spacial score (nSPS) is 20.2. The number of carbonyl (C=O) groups is 2.